The number of rotatable bonds is 3. The number of hydrogen-bond acceptors (Lipinski definition) is 1. The first-order chi connectivity index (χ1) is 9.02. The van der Waals surface area contributed by atoms with E-state index in [0.29, 0.717) is 5.56 Å². The van der Waals surface area contributed by atoms with Gasteiger partial charge in [0.25, 0.3) is 0 Å². The lowest BCUT2D eigenvalue weighted by Crippen LogP contribution is -2.18. The first-order valence-electron chi connectivity index (χ1n) is 5.60. The van der Waals surface area contributed by atoms with Gasteiger partial charge in [-0.05, 0) is 42.4 Å². The highest BCUT2D eigenvalue weighted by Crippen LogP contribution is 2.30. The molecule has 2 rings (SSSR count). The van der Waals surface area contributed by atoms with Crippen LogP contribution >= 0.6 is 27.5 Å². The summed E-state index contributed by atoms with van der Waals surface area (Å²) in [4.78, 5) is 0. The van der Waals surface area contributed by atoms with Crippen molar-refractivity contribution in [2.75, 3.05) is 7.05 Å². The molecule has 0 aliphatic rings. The van der Waals surface area contributed by atoms with E-state index in [4.69, 9.17) is 11.6 Å². The van der Waals surface area contributed by atoms with Crippen LogP contribution in [-0.4, -0.2) is 7.05 Å². The summed E-state index contributed by atoms with van der Waals surface area (Å²) in [5.41, 5.74) is 1.42. The summed E-state index contributed by atoms with van der Waals surface area (Å²) in [7, 11) is 1.74. The molecule has 0 heterocycles. The van der Waals surface area contributed by atoms with Crippen LogP contribution in [0.2, 0.25) is 5.02 Å². The fourth-order valence-corrected chi connectivity index (χ4v) is 2.44. The quantitative estimate of drug-likeness (QED) is 0.795. The summed E-state index contributed by atoms with van der Waals surface area (Å²) in [5.74, 6) is -1.85. The third kappa shape index (κ3) is 3.14. The lowest BCUT2D eigenvalue weighted by atomic mass is 9.98. The van der Waals surface area contributed by atoms with Crippen LogP contribution in [0.15, 0.2) is 40.9 Å². The average Bonchev–Trinajstić information content (AvgIpc) is 2.38. The van der Waals surface area contributed by atoms with Gasteiger partial charge in [-0.2, -0.15) is 0 Å². The van der Waals surface area contributed by atoms with Crippen LogP contribution in [0.4, 0.5) is 8.78 Å². The second-order valence-electron chi connectivity index (χ2n) is 4.06. The summed E-state index contributed by atoms with van der Waals surface area (Å²) < 4.78 is 27.4. The van der Waals surface area contributed by atoms with Crippen molar-refractivity contribution in [3.63, 3.8) is 0 Å². The van der Waals surface area contributed by atoms with Crippen LogP contribution in [0.25, 0.3) is 0 Å². The van der Waals surface area contributed by atoms with Gasteiger partial charge < -0.3 is 5.32 Å². The van der Waals surface area contributed by atoms with Crippen molar-refractivity contribution in [1.82, 2.24) is 5.32 Å². The van der Waals surface area contributed by atoms with Gasteiger partial charge in [0.05, 0.1) is 6.04 Å². The minimum absolute atomic E-state index is 0.196. The molecule has 1 atom stereocenters. The monoisotopic (exact) mass is 345 g/mol. The van der Waals surface area contributed by atoms with Gasteiger partial charge in [-0.25, -0.2) is 8.78 Å². The molecule has 0 fully saturated rings. The molecule has 0 radical (unpaired) electrons. The van der Waals surface area contributed by atoms with Crippen LogP contribution in [0, 0.1) is 11.6 Å². The normalized spacial score (nSPS) is 12.5. The molecule has 1 N–H and O–H groups in total. The van der Waals surface area contributed by atoms with Gasteiger partial charge in [0, 0.05) is 9.50 Å². The molecule has 19 heavy (non-hydrogen) atoms. The molecule has 2 aromatic carbocycles. The maximum absolute atomic E-state index is 13.4. The molecule has 5 heteroatoms. The Balaban J connectivity index is 2.47. The fourth-order valence-electron chi connectivity index (χ4n) is 1.92. The Bertz CT molecular complexity index is 587. The lowest BCUT2D eigenvalue weighted by molar-refractivity contribution is 0.505. The minimum Gasteiger partial charge on any atom is -0.309 e. The topological polar surface area (TPSA) is 12.0 Å². The molecule has 1 unspecified atom stereocenters. The summed E-state index contributed by atoms with van der Waals surface area (Å²) in [5, 5.41) is 3.25. The van der Waals surface area contributed by atoms with E-state index in [1.807, 2.05) is 24.3 Å². The van der Waals surface area contributed by atoms with Crippen molar-refractivity contribution in [3.05, 3.63) is 68.7 Å². The molecule has 100 valence electrons. The summed E-state index contributed by atoms with van der Waals surface area (Å²) in [6.07, 6.45) is 0. The van der Waals surface area contributed by atoms with Crippen LogP contribution in [0.3, 0.4) is 0 Å². The van der Waals surface area contributed by atoms with Gasteiger partial charge in [-0.15, -0.1) is 0 Å². The first kappa shape index (κ1) is 14.4. The Labute approximate surface area is 123 Å². The van der Waals surface area contributed by atoms with Crippen molar-refractivity contribution in [2.45, 2.75) is 6.04 Å². The maximum Gasteiger partial charge on any atom is 0.160 e. The summed E-state index contributed by atoms with van der Waals surface area (Å²) >= 11 is 9.35. The molecule has 0 aromatic heterocycles. The van der Waals surface area contributed by atoms with Crippen LogP contribution in [0.1, 0.15) is 17.2 Å². The van der Waals surface area contributed by atoms with E-state index in [2.05, 4.69) is 21.2 Å². The third-order valence-electron chi connectivity index (χ3n) is 2.84. The highest BCUT2D eigenvalue weighted by Gasteiger charge is 2.18. The van der Waals surface area contributed by atoms with Crippen LogP contribution in [-0.2, 0) is 0 Å². The molecule has 0 amide bonds. The fraction of sp³-hybridized carbons (Fsp3) is 0.143. The Kier molecular flexibility index (Phi) is 4.55. The molecule has 0 spiro atoms. The zero-order valence-electron chi connectivity index (χ0n) is 10.1. The Morgan fingerprint density at radius 1 is 1.11 bits per heavy atom. The van der Waals surface area contributed by atoms with Gasteiger partial charge in [0.1, 0.15) is 0 Å². The van der Waals surface area contributed by atoms with E-state index < -0.39 is 11.6 Å². The van der Waals surface area contributed by atoms with E-state index in [1.54, 1.807) is 7.05 Å². The first-order valence-corrected chi connectivity index (χ1v) is 6.77. The summed E-state index contributed by atoms with van der Waals surface area (Å²) in [6.45, 7) is 0. The third-order valence-corrected chi connectivity index (χ3v) is 3.70. The van der Waals surface area contributed by atoms with E-state index in [-0.39, 0.29) is 11.1 Å². The Morgan fingerprint density at radius 2 is 1.68 bits per heavy atom. The number of benzene rings is 2. The highest BCUT2D eigenvalue weighted by molar-refractivity contribution is 9.10. The molecule has 0 aliphatic carbocycles. The second-order valence-corrected chi connectivity index (χ2v) is 5.38. The van der Waals surface area contributed by atoms with Crippen molar-refractivity contribution in [2.24, 2.45) is 0 Å². The van der Waals surface area contributed by atoms with Crippen molar-refractivity contribution >= 4 is 27.5 Å². The molecule has 0 saturated heterocycles. The van der Waals surface area contributed by atoms with Crippen molar-refractivity contribution in [1.29, 1.82) is 0 Å². The van der Waals surface area contributed by atoms with E-state index in [1.165, 1.54) is 0 Å². The number of nitrogens with one attached hydrogen (secondary N) is 1. The van der Waals surface area contributed by atoms with E-state index in [9.17, 15) is 8.78 Å². The zero-order valence-corrected chi connectivity index (χ0v) is 12.4. The van der Waals surface area contributed by atoms with Crippen LogP contribution < -0.4 is 5.32 Å². The molecular formula is C14H11BrClF2N. The molecular weight excluding hydrogens is 336 g/mol. The van der Waals surface area contributed by atoms with Crippen molar-refractivity contribution in [3.8, 4) is 0 Å². The summed E-state index contributed by atoms with van der Waals surface area (Å²) in [6, 6.07) is 9.37. The smallest absolute Gasteiger partial charge is 0.160 e. The molecule has 0 bridgehead atoms. The highest BCUT2D eigenvalue weighted by atomic mass is 79.9. The van der Waals surface area contributed by atoms with Gasteiger partial charge in [-0.1, -0.05) is 39.7 Å². The van der Waals surface area contributed by atoms with Gasteiger partial charge >= 0.3 is 0 Å². The zero-order chi connectivity index (χ0) is 14.0. The van der Waals surface area contributed by atoms with Gasteiger partial charge in [0.2, 0.25) is 0 Å². The largest absolute Gasteiger partial charge is 0.309 e. The predicted octanol–water partition coefficient (Wildman–Crippen LogP) is 4.69. The van der Waals surface area contributed by atoms with Crippen LogP contribution in [0.5, 0.6) is 0 Å². The van der Waals surface area contributed by atoms with Crippen molar-refractivity contribution < 1.29 is 8.78 Å². The number of hydrogen-bond donors (Lipinski definition) is 1. The molecule has 2 aromatic rings. The average molecular weight is 347 g/mol. The Morgan fingerprint density at radius 3 is 2.26 bits per heavy atom. The van der Waals surface area contributed by atoms with E-state index >= 15 is 0 Å². The Hall–Kier alpha value is -0.970. The van der Waals surface area contributed by atoms with E-state index in [0.717, 1.165) is 22.2 Å². The molecule has 1 nitrogen and oxygen atoms in total. The minimum atomic E-state index is -0.945. The maximum atomic E-state index is 13.4. The van der Waals surface area contributed by atoms with Gasteiger partial charge in [-0.3, -0.25) is 0 Å². The number of halogens is 4. The molecule has 0 saturated carbocycles. The SMILES string of the molecule is CNC(c1ccc(Br)cc1)c1cc(F)c(F)cc1Cl. The lowest BCUT2D eigenvalue weighted by Gasteiger charge is -2.19. The predicted molar refractivity (Wildman–Crippen MR) is 76.4 cm³/mol. The second kappa shape index (κ2) is 5.99. The standard InChI is InChI=1S/C14H11BrClF2N/c1-19-14(8-2-4-9(15)5-3-8)10-6-12(17)13(18)7-11(10)16/h2-7,14,19H,1H3. The molecule has 0 aliphatic heterocycles. The van der Waals surface area contributed by atoms with Gasteiger partial charge in [0.15, 0.2) is 11.6 Å².